The Hall–Kier alpha value is -4.41. The van der Waals surface area contributed by atoms with Crippen LogP contribution in [0.3, 0.4) is 0 Å². The van der Waals surface area contributed by atoms with Gasteiger partial charge >= 0.3 is 0 Å². The highest BCUT2D eigenvalue weighted by molar-refractivity contribution is 9.10. The zero-order valence-corrected chi connectivity index (χ0v) is 24.7. The topological polar surface area (TPSA) is 95.7 Å². The SMILES string of the molecule is Brc1ccc(/C=C/Cc2nnc(-c3cn(-c4ccccc4)nc3-c3nnc(C/C=C/c4ccc(Br)cc4)o3)o2)cc1. The first-order valence-corrected chi connectivity index (χ1v) is 14.3. The zero-order chi connectivity index (χ0) is 28.0. The minimum Gasteiger partial charge on any atom is -0.420 e. The largest absolute Gasteiger partial charge is 0.420 e. The molecule has 0 fully saturated rings. The fraction of sp³-hybridized carbons (Fsp3) is 0.0645. The van der Waals surface area contributed by atoms with E-state index >= 15 is 0 Å². The molecule has 0 spiro atoms. The second-order valence-corrected chi connectivity index (χ2v) is 10.8. The standard InChI is InChI=1S/C31H22Br2N6O2/c32-23-16-12-21(13-17-23)6-4-10-27-34-36-30(40-27)26-20-39(25-8-2-1-3-9-25)38-29(26)31-37-35-28(41-31)11-5-7-22-14-18-24(33)19-15-22/h1-9,12-20H,10-11H2/b6-4+,7-5+. The summed E-state index contributed by atoms with van der Waals surface area (Å²) >= 11 is 6.91. The smallest absolute Gasteiger partial charge is 0.269 e. The normalized spacial score (nSPS) is 11.7. The van der Waals surface area contributed by atoms with Gasteiger partial charge in [-0.05, 0) is 47.5 Å². The summed E-state index contributed by atoms with van der Waals surface area (Å²) in [6.07, 6.45) is 10.8. The molecule has 0 N–H and O–H groups in total. The fourth-order valence-corrected chi connectivity index (χ4v) is 4.55. The van der Waals surface area contributed by atoms with Crippen LogP contribution >= 0.6 is 31.9 Å². The van der Waals surface area contributed by atoms with Gasteiger partial charge in [-0.15, -0.1) is 20.4 Å². The Morgan fingerprint density at radius 3 is 1.76 bits per heavy atom. The number of halogens is 2. The van der Waals surface area contributed by atoms with Crippen LogP contribution in [0.4, 0.5) is 0 Å². The molecule has 3 heterocycles. The van der Waals surface area contributed by atoms with Gasteiger partial charge in [0.25, 0.3) is 11.8 Å². The molecule has 8 nitrogen and oxygen atoms in total. The average Bonchev–Trinajstić information content (AvgIpc) is 3.76. The second-order valence-electron chi connectivity index (χ2n) is 8.99. The summed E-state index contributed by atoms with van der Waals surface area (Å²) in [6, 6.07) is 25.9. The van der Waals surface area contributed by atoms with Crippen molar-refractivity contribution in [2.24, 2.45) is 0 Å². The Labute approximate surface area is 252 Å². The van der Waals surface area contributed by atoms with E-state index in [-0.39, 0.29) is 5.89 Å². The van der Waals surface area contributed by atoms with E-state index in [9.17, 15) is 0 Å². The van der Waals surface area contributed by atoms with E-state index in [1.165, 1.54) is 0 Å². The number of para-hydroxylation sites is 1. The number of hydrogen-bond donors (Lipinski definition) is 0. The number of hydrogen-bond acceptors (Lipinski definition) is 7. The Kier molecular flexibility index (Phi) is 8.11. The number of rotatable bonds is 9. The molecule has 202 valence electrons. The Morgan fingerprint density at radius 1 is 0.634 bits per heavy atom. The predicted octanol–water partition coefficient (Wildman–Crippen LogP) is 8.01. The molecule has 0 amide bonds. The minimum atomic E-state index is 0.275. The van der Waals surface area contributed by atoms with Gasteiger partial charge in [-0.25, -0.2) is 4.68 Å². The van der Waals surface area contributed by atoms with Crippen molar-refractivity contribution in [3.8, 4) is 28.7 Å². The lowest BCUT2D eigenvalue weighted by Crippen LogP contribution is -1.94. The first kappa shape index (κ1) is 26.8. The summed E-state index contributed by atoms with van der Waals surface area (Å²) < 4.78 is 15.8. The van der Waals surface area contributed by atoms with Crippen LogP contribution in [0.5, 0.6) is 0 Å². The molecule has 41 heavy (non-hydrogen) atoms. The van der Waals surface area contributed by atoms with Gasteiger partial charge in [0.05, 0.1) is 11.3 Å². The van der Waals surface area contributed by atoms with Crippen LogP contribution in [0.15, 0.2) is 115 Å². The van der Waals surface area contributed by atoms with E-state index in [1.54, 1.807) is 4.68 Å². The summed E-state index contributed by atoms with van der Waals surface area (Å²) in [7, 11) is 0. The molecular formula is C31H22Br2N6O2. The molecule has 3 aromatic carbocycles. The van der Waals surface area contributed by atoms with Gasteiger partial charge in [0.2, 0.25) is 11.8 Å². The minimum absolute atomic E-state index is 0.275. The highest BCUT2D eigenvalue weighted by Gasteiger charge is 2.23. The van der Waals surface area contributed by atoms with Crippen LogP contribution in [0.1, 0.15) is 22.9 Å². The van der Waals surface area contributed by atoms with E-state index in [2.05, 4.69) is 52.3 Å². The van der Waals surface area contributed by atoms with Crippen molar-refractivity contribution < 1.29 is 8.83 Å². The molecular weight excluding hydrogens is 648 g/mol. The van der Waals surface area contributed by atoms with Crippen LogP contribution in [-0.2, 0) is 12.8 Å². The van der Waals surface area contributed by atoms with Crippen LogP contribution < -0.4 is 0 Å². The molecule has 0 bridgehead atoms. The van der Waals surface area contributed by atoms with E-state index < -0.39 is 0 Å². The Balaban J connectivity index is 1.24. The maximum absolute atomic E-state index is 6.03. The third-order valence-electron chi connectivity index (χ3n) is 6.05. The van der Waals surface area contributed by atoms with Gasteiger partial charge in [-0.1, -0.05) is 98.6 Å². The second kappa shape index (κ2) is 12.4. The molecule has 10 heteroatoms. The van der Waals surface area contributed by atoms with Gasteiger partial charge in [-0.3, -0.25) is 0 Å². The third-order valence-corrected chi connectivity index (χ3v) is 7.10. The van der Waals surface area contributed by atoms with E-state index in [1.807, 2.05) is 109 Å². The summed E-state index contributed by atoms with van der Waals surface area (Å²) in [5, 5.41) is 21.8. The quantitative estimate of drug-likeness (QED) is 0.154. The monoisotopic (exact) mass is 668 g/mol. The lowest BCUT2D eigenvalue weighted by molar-refractivity contribution is 0.514. The molecule has 0 aliphatic heterocycles. The van der Waals surface area contributed by atoms with Crippen molar-refractivity contribution in [2.75, 3.05) is 0 Å². The fourth-order valence-electron chi connectivity index (χ4n) is 4.02. The van der Waals surface area contributed by atoms with Crippen LogP contribution in [0, 0.1) is 0 Å². The first-order chi connectivity index (χ1) is 20.1. The van der Waals surface area contributed by atoms with Crippen molar-refractivity contribution in [3.63, 3.8) is 0 Å². The van der Waals surface area contributed by atoms with E-state index in [4.69, 9.17) is 13.9 Å². The maximum atomic E-state index is 6.03. The Bertz CT molecular complexity index is 1690. The molecule has 0 radical (unpaired) electrons. The highest BCUT2D eigenvalue weighted by Crippen LogP contribution is 2.31. The van der Waals surface area contributed by atoms with Crippen molar-refractivity contribution in [1.29, 1.82) is 0 Å². The van der Waals surface area contributed by atoms with Crippen LogP contribution in [0.2, 0.25) is 0 Å². The predicted molar refractivity (Wildman–Crippen MR) is 164 cm³/mol. The summed E-state index contributed by atoms with van der Waals surface area (Å²) in [4.78, 5) is 0. The van der Waals surface area contributed by atoms with Gasteiger partial charge in [0, 0.05) is 28.0 Å². The number of allylic oxidation sites excluding steroid dienone is 2. The Morgan fingerprint density at radius 2 is 1.17 bits per heavy atom. The molecule has 6 rings (SSSR count). The molecule has 0 atom stereocenters. The maximum Gasteiger partial charge on any atom is 0.269 e. The number of benzene rings is 3. The average molecular weight is 670 g/mol. The third kappa shape index (κ3) is 6.67. The highest BCUT2D eigenvalue weighted by atomic mass is 79.9. The number of aromatic nitrogens is 6. The summed E-state index contributed by atoms with van der Waals surface area (Å²) in [5.74, 6) is 1.55. The zero-order valence-electron chi connectivity index (χ0n) is 21.6. The van der Waals surface area contributed by atoms with Crippen molar-refractivity contribution >= 4 is 44.0 Å². The molecule has 0 saturated heterocycles. The molecule has 0 saturated carbocycles. The molecule has 6 aromatic rings. The van der Waals surface area contributed by atoms with Gasteiger partial charge < -0.3 is 8.83 Å². The van der Waals surface area contributed by atoms with Crippen molar-refractivity contribution in [3.05, 3.63) is 129 Å². The van der Waals surface area contributed by atoms with Crippen molar-refractivity contribution in [2.45, 2.75) is 12.8 Å². The van der Waals surface area contributed by atoms with E-state index in [0.717, 1.165) is 25.8 Å². The number of nitrogens with zero attached hydrogens (tertiary/aromatic N) is 6. The van der Waals surface area contributed by atoms with E-state index in [0.29, 0.717) is 41.8 Å². The lowest BCUT2D eigenvalue weighted by atomic mass is 10.2. The van der Waals surface area contributed by atoms with Gasteiger partial charge in [0.1, 0.15) is 0 Å². The summed E-state index contributed by atoms with van der Waals surface area (Å²) in [6.45, 7) is 0. The molecule has 3 aromatic heterocycles. The first-order valence-electron chi connectivity index (χ1n) is 12.8. The van der Waals surface area contributed by atoms with Crippen LogP contribution in [-0.4, -0.2) is 30.2 Å². The molecule has 0 aliphatic rings. The lowest BCUT2D eigenvalue weighted by Gasteiger charge is -1.98. The molecule has 0 aliphatic carbocycles. The van der Waals surface area contributed by atoms with Crippen molar-refractivity contribution in [1.82, 2.24) is 30.2 Å². The van der Waals surface area contributed by atoms with Crippen LogP contribution in [0.25, 0.3) is 40.9 Å². The van der Waals surface area contributed by atoms with Gasteiger partial charge in [-0.2, -0.15) is 5.10 Å². The molecule has 0 unspecified atom stereocenters. The summed E-state index contributed by atoms with van der Waals surface area (Å²) in [5.41, 5.74) is 4.10. The van der Waals surface area contributed by atoms with Gasteiger partial charge in [0.15, 0.2) is 5.69 Å².